The maximum absolute atomic E-state index is 9.92. The lowest BCUT2D eigenvalue weighted by Gasteiger charge is -2.18. The van der Waals surface area contributed by atoms with Crippen molar-refractivity contribution in [3.63, 3.8) is 0 Å². The maximum Gasteiger partial charge on any atom is 0.191 e. The van der Waals surface area contributed by atoms with Crippen molar-refractivity contribution in [3.05, 3.63) is 59.0 Å². The highest BCUT2D eigenvalue weighted by Gasteiger charge is 2.18. The zero-order valence-corrected chi connectivity index (χ0v) is 14.6. The number of hydrogen-bond acceptors (Lipinski definition) is 7. The van der Waals surface area contributed by atoms with Gasteiger partial charge in [0.05, 0.1) is 24.4 Å². The fourth-order valence-electron chi connectivity index (χ4n) is 2.22. The van der Waals surface area contributed by atoms with Gasteiger partial charge in [-0.3, -0.25) is 0 Å². The normalized spacial score (nSPS) is 11.8. The summed E-state index contributed by atoms with van der Waals surface area (Å²) in [7, 11) is 1.64. The van der Waals surface area contributed by atoms with Gasteiger partial charge in [0.15, 0.2) is 5.34 Å². The summed E-state index contributed by atoms with van der Waals surface area (Å²) in [5.74, 6) is 1.12. The van der Waals surface area contributed by atoms with E-state index in [1.54, 1.807) is 7.11 Å². The predicted molar refractivity (Wildman–Crippen MR) is 95.9 cm³/mol. The average molecular weight is 348 g/mol. The second-order valence-corrected chi connectivity index (χ2v) is 6.29. The van der Waals surface area contributed by atoms with Crippen LogP contribution in [0.25, 0.3) is 0 Å². The lowest BCUT2D eigenvalue weighted by molar-refractivity contribution is -0.194. The first-order valence-corrected chi connectivity index (χ1v) is 8.27. The van der Waals surface area contributed by atoms with Gasteiger partial charge in [-0.25, -0.2) is 0 Å². The monoisotopic (exact) mass is 348 g/mol. The van der Waals surface area contributed by atoms with E-state index in [4.69, 9.17) is 9.07 Å². The van der Waals surface area contributed by atoms with Gasteiger partial charge in [-0.1, -0.05) is 30.3 Å². The SMILES string of the molecule is COc1ccc(Nc2ccc(C(SOON=O)C(C)C)cc2)cc1. The summed E-state index contributed by atoms with van der Waals surface area (Å²) in [5.41, 5.74) is 3.03. The van der Waals surface area contributed by atoms with Crippen molar-refractivity contribution in [1.82, 2.24) is 0 Å². The van der Waals surface area contributed by atoms with Gasteiger partial charge in [0.1, 0.15) is 5.75 Å². The van der Waals surface area contributed by atoms with Crippen molar-refractivity contribution in [2.75, 3.05) is 12.4 Å². The third-order valence-corrected chi connectivity index (χ3v) is 4.59. The highest BCUT2D eigenvalue weighted by atomic mass is 32.2. The molecule has 0 bridgehead atoms. The van der Waals surface area contributed by atoms with Gasteiger partial charge >= 0.3 is 0 Å². The molecule has 0 radical (unpaired) electrons. The summed E-state index contributed by atoms with van der Waals surface area (Å²) < 4.78 is 9.86. The van der Waals surface area contributed by atoms with Gasteiger partial charge in [-0.15, -0.1) is 4.91 Å². The van der Waals surface area contributed by atoms with E-state index in [2.05, 4.69) is 29.5 Å². The Balaban J connectivity index is 2.03. The molecular formula is C17H20N2O4S. The smallest absolute Gasteiger partial charge is 0.191 e. The molecule has 2 aromatic rings. The standard InChI is InChI=1S/C17H20N2O4S/c1-12(2)17(24-23-22-19-20)13-4-6-14(7-5-13)18-15-8-10-16(21-3)11-9-15/h4-12,17-18H,1-3H3. The number of benzene rings is 2. The Hall–Kier alpha value is -2.25. The van der Waals surface area contributed by atoms with Gasteiger partial charge in [0.2, 0.25) is 0 Å². The molecule has 2 rings (SSSR count). The molecule has 0 aliphatic carbocycles. The summed E-state index contributed by atoms with van der Waals surface area (Å²) >= 11 is 1.07. The molecule has 6 nitrogen and oxygen atoms in total. The maximum atomic E-state index is 9.92. The van der Waals surface area contributed by atoms with Gasteiger partial charge < -0.3 is 10.1 Å². The van der Waals surface area contributed by atoms with Crippen LogP contribution in [0.3, 0.4) is 0 Å². The summed E-state index contributed by atoms with van der Waals surface area (Å²) in [6.07, 6.45) is 0. The van der Waals surface area contributed by atoms with Crippen LogP contribution >= 0.6 is 12.0 Å². The number of methoxy groups -OCH3 is 1. The summed E-state index contributed by atoms with van der Waals surface area (Å²) in [6.45, 7) is 4.14. The van der Waals surface area contributed by atoms with Crippen molar-refractivity contribution in [2.24, 2.45) is 11.3 Å². The highest BCUT2D eigenvalue weighted by Crippen LogP contribution is 2.37. The van der Waals surface area contributed by atoms with Gasteiger partial charge in [0, 0.05) is 11.4 Å². The van der Waals surface area contributed by atoms with E-state index in [9.17, 15) is 4.91 Å². The van der Waals surface area contributed by atoms with E-state index in [0.717, 1.165) is 34.7 Å². The Morgan fingerprint density at radius 3 is 2.08 bits per heavy atom. The van der Waals surface area contributed by atoms with Crippen molar-refractivity contribution in [2.45, 2.75) is 19.1 Å². The zero-order valence-electron chi connectivity index (χ0n) is 13.8. The Kier molecular flexibility index (Phi) is 6.89. The summed E-state index contributed by atoms with van der Waals surface area (Å²) in [6, 6.07) is 15.7. The zero-order chi connectivity index (χ0) is 17.4. The second-order valence-electron chi connectivity index (χ2n) is 5.45. The van der Waals surface area contributed by atoms with Crippen LogP contribution < -0.4 is 10.1 Å². The largest absolute Gasteiger partial charge is 0.497 e. The molecule has 128 valence electrons. The molecule has 0 aliphatic rings. The van der Waals surface area contributed by atoms with E-state index in [1.165, 1.54) is 0 Å². The van der Waals surface area contributed by atoms with Crippen LogP contribution in [0, 0.1) is 10.8 Å². The molecule has 0 spiro atoms. The third kappa shape index (κ3) is 5.14. The molecule has 0 saturated heterocycles. The molecular weight excluding hydrogens is 328 g/mol. The van der Waals surface area contributed by atoms with E-state index in [1.807, 2.05) is 48.5 Å². The number of anilines is 2. The first-order valence-electron chi connectivity index (χ1n) is 7.47. The topological polar surface area (TPSA) is 69.2 Å². The average Bonchev–Trinajstić information content (AvgIpc) is 2.60. The molecule has 1 N–H and O–H groups in total. The number of nitrogens with zero attached hydrogens (tertiary/aromatic N) is 1. The Bertz CT molecular complexity index is 632. The molecule has 1 atom stereocenters. The molecule has 0 aliphatic heterocycles. The van der Waals surface area contributed by atoms with Crippen LogP contribution in [0.1, 0.15) is 24.7 Å². The number of hydrogen-bond donors (Lipinski definition) is 1. The Morgan fingerprint density at radius 2 is 1.58 bits per heavy atom. The van der Waals surface area contributed by atoms with Crippen LogP contribution in [0.15, 0.2) is 53.9 Å². The summed E-state index contributed by atoms with van der Waals surface area (Å²) in [4.78, 5) is 14.0. The summed E-state index contributed by atoms with van der Waals surface area (Å²) in [5, 5.41) is 5.58. The fraction of sp³-hybridized carbons (Fsp3) is 0.294. The fourth-order valence-corrected chi connectivity index (χ4v) is 2.86. The van der Waals surface area contributed by atoms with Crippen LogP contribution in [0.4, 0.5) is 11.4 Å². The molecule has 1 unspecified atom stereocenters. The van der Waals surface area contributed by atoms with Gasteiger partial charge in [-0.05, 0) is 47.9 Å². The van der Waals surface area contributed by atoms with Crippen molar-refractivity contribution in [3.8, 4) is 5.75 Å². The molecule has 24 heavy (non-hydrogen) atoms. The number of nitrogens with one attached hydrogen (secondary N) is 1. The molecule has 7 heteroatoms. The third-order valence-electron chi connectivity index (χ3n) is 3.43. The number of rotatable bonds is 9. The van der Waals surface area contributed by atoms with Gasteiger partial charge in [-0.2, -0.15) is 4.99 Å². The minimum absolute atomic E-state index is 0.0294. The van der Waals surface area contributed by atoms with Crippen LogP contribution in [0.5, 0.6) is 5.75 Å². The molecule has 0 saturated carbocycles. The number of ether oxygens (including phenoxy) is 1. The second kappa shape index (κ2) is 9.14. The van der Waals surface area contributed by atoms with E-state index >= 15 is 0 Å². The van der Waals surface area contributed by atoms with E-state index < -0.39 is 0 Å². The van der Waals surface area contributed by atoms with Crippen LogP contribution in [-0.4, -0.2) is 7.11 Å². The minimum atomic E-state index is 0.0294. The molecule has 0 amide bonds. The first-order chi connectivity index (χ1) is 11.6. The van der Waals surface area contributed by atoms with Crippen molar-refractivity contribution >= 4 is 23.4 Å². The quantitative estimate of drug-likeness (QED) is 0.215. The predicted octanol–water partition coefficient (Wildman–Crippen LogP) is 5.41. The van der Waals surface area contributed by atoms with Crippen LogP contribution in [0.2, 0.25) is 0 Å². The van der Waals surface area contributed by atoms with E-state index in [-0.39, 0.29) is 5.25 Å². The molecule has 0 aromatic heterocycles. The molecule has 0 fully saturated rings. The minimum Gasteiger partial charge on any atom is -0.497 e. The molecule has 2 aromatic carbocycles. The first kappa shape index (κ1) is 18.1. The van der Waals surface area contributed by atoms with E-state index in [0.29, 0.717) is 5.92 Å². The van der Waals surface area contributed by atoms with Crippen LogP contribution in [-0.2, 0) is 9.32 Å². The molecule has 0 heterocycles. The van der Waals surface area contributed by atoms with Crippen molar-refractivity contribution < 1.29 is 14.1 Å². The Labute approximate surface area is 145 Å². The van der Waals surface area contributed by atoms with Crippen molar-refractivity contribution in [1.29, 1.82) is 0 Å². The lowest BCUT2D eigenvalue weighted by atomic mass is 10.0. The highest BCUT2D eigenvalue weighted by molar-refractivity contribution is 7.94. The van der Waals surface area contributed by atoms with Gasteiger partial charge in [0.25, 0.3) is 0 Å². The lowest BCUT2D eigenvalue weighted by Crippen LogP contribution is -2.03. The Morgan fingerprint density at radius 1 is 1.00 bits per heavy atom.